The molecule has 0 spiro atoms. The molecular weight excluding hydrogens is 316 g/mol. The van der Waals surface area contributed by atoms with Gasteiger partial charge in [0.05, 0.1) is 24.2 Å². The van der Waals surface area contributed by atoms with E-state index in [9.17, 15) is 14.7 Å². The van der Waals surface area contributed by atoms with Gasteiger partial charge >= 0.3 is 0 Å². The van der Waals surface area contributed by atoms with Crippen LogP contribution in [0.25, 0.3) is 5.76 Å². The molecule has 128 valence electrons. The predicted molar refractivity (Wildman–Crippen MR) is 94.2 cm³/mol. The van der Waals surface area contributed by atoms with E-state index >= 15 is 0 Å². The fourth-order valence-electron chi connectivity index (χ4n) is 3.14. The van der Waals surface area contributed by atoms with Gasteiger partial charge in [0.25, 0.3) is 11.7 Å². The van der Waals surface area contributed by atoms with Crippen LogP contribution in [0, 0.1) is 0 Å². The first-order valence-corrected chi connectivity index (χ1v) is 8.22. The van der Waals surface area contributed by atoms with Gasteiger partial charge in [-0.05, 0) is 12.5 Å². The van der Waals surface area contributed by atoms with E-state index in [4.69, 9.17) is 0 Å². The van der Waals surface area contributed by atoms with E-state index in [1.165, 1.54) is 4.90 Å². The molecule has 4 N–H and O–H groups in total. The molecule has 2 atom stereocenters. The number of likely N-dealkylation sites (tertiary alicyclic amines) is 1. The number of aliphatic hydroxyl groups is 1. The van der Waals surface area contributed by atoms with Crippen molar-refractivity contribution in [1.29, 1.82) is 0 Å². The van der Waals surface area contributed by atoms with E-state index in [-0.39, 0.29) is 17.4 Å². The van der Waals surface area contributed by atoms with Crippen molar-refractivity contribution in [3.05, 3.63) is 77.4 Å². The van der Waals surface area contributed by atoms with E-state index in [1.54, 1.807) is 24.3 Å². The maximum Gasteiger partial charge on any atom is 0.295 e. The van der Waals surface area contributed by atoms with Crippen molar-refractivity contribution in [2.45, 2.75) is 19.0 Å². The molecule has 0 aliphatic carbocycles. The van der Waals surface area contributed by atoms with Crippen molar-refractivity contribution in [3.8, 4) is 0 Å². The largest absolute Gasteiger partial charge is 0.507 e. The molecule has 0 aromatic heterocycles. The van der Waals surface area contributed by atoms with Gasteiger partial charge in [-0.15, -0.1) is 0 Å². The SMILES string of the molecule is C[C@H]([NH3+])CN1C(=O)C(=O)C(=C(O)c2ccccc2)[C@@H]1c1ccccc1. The monoisotopic (exact) mass is 337 g/mol. The van der Waals surface area contributed by atoms with E-state index < -0.39 is 17.7 Å². The molecule has 1 amide bonds. The van der Waals surface area contributed by atoms with Crippen LogP contribution in [0.1, 0.15) is 24.1 Å². The molecule has 1 fully saturated rings. The number of carbonyl (C=O) groups excluding carboxylic acids is 2. The Bertz CT molecular complexity index is 813. The van der Waals surface area contributed by atoms with Crippen LogP contribution < -0.4 is 5.73 Å². The van der Waals surface area contributed by atoms with Gasteiger partial charge in [-0.25, -0.2) is 0 Å². The van der Waals surface area contributed by atoms with E-state index in [0.717, 1.165) is 5.56 Å². The highest BCUT2D eigenvalue weighted by atomic mass is 16.3. The highest BCUT2D eigenvalue weighted by Crippen LogP contribution is 2.39. The molecule has 5 nitrogen and oxygen atoms in total. The Morgan fingerprint density at radius 1 is 1.08 bits per heavy atom. The molecule has 1 aliphatic rings. The summed E-state index contributed by atoms with van der Waals surface area (Å²) in [7, 11) is 0. The lowest BCUT2D eigenvalue weighted by atomic mass is 9.95. The Morgan fingerprint density at radius 2 is 1.64 bits per heavy atom. The van der Waals surface area contributed by atoms with Gasteiger partial charge in [-0.1, -0.05) is 60.7 Å². The van der Waals surface area contributed by atoms with E-state index in [1.807, 2.05) is 43.3 Å². The zero-order valence-electron chi connectivity index (χ0n) is 14.1. The zero-order valence-corrected chi connectivity index (χ0v) is 14.1. The number of rotatable bonds is 4. The van der Waals surface area contributed by atoms with Crippen LogP contribution >= 0.6 is 0 Å². The number of amides is 1. The Hall–Kier alpha value is -2.92. The van der Waals surface area contributed by atoms with Gasteiger partial charge in [0.2, 0.25) is 0 Å². The summed E-state index contributed by atoms with van der Waals surface area (Å²) < 4.78 is 0. The van der Waals surface area contributed by atoms with Gasteiger partial charge in [0, 0.05) is 5.56 Å². The lowest BCUT2D eigenvalue weighted by Gasteiger charge is -2.25. The summed E-state index contributed by atoms with van der Waals surface area (Å²) in [5, 5.41) is 10.8. The molecule has 0 radical (unpaired) electrons. The summed E-state index contributed by atoms with van der Waals surface area (Å²) in [5.74, 6) is -1.40. The molecule has 1 heterocycles. The Kier molecular flexibility index (Phi) is 4.67. The summed E-state index contributed by atoms with van der Waals surface area (Å²) >= 11 is 0. The van der Waals surface area contributed by atoms with E-state index in [0.29, 0.717) is 12.1 Å². The van der Waals surface area contributed by atoms with Gasteiger partial charge < -0.3 is 15.7 Å². The molecule has 2 aromatic carbocycles. The second-order valence-corrected chi connectivity index (χ2v) is 6.33. The van der Waals surface area contributed by atoms with Crippen LogP contribution in [0.5, 0.6) is 0 Å². The quantitative estimate of drug-likeness (QED) is 0.506. The molecule has 0 saturated carbocycles. The van der Waals surface area contributed by atoms with Crippen LogP contribution in [0.3, 0.4) is 0 Å². The number of benzene rings is 2. The smallest absolute Gasteiger partial charge is 0.295 e. The van der Waals surface area contributed by atoms with Crippen molar-refractivity contribution in [2.24, 2.45) is 0 Å². The second-order valence-electron chi connectivity index (χ2n) is 6.33. The molecule has 3 rings (SSSR count). The van der Waals surface area contributed by atoms with Crippen LogP contribution in [-0.4, -0.2) is 34.3 Å². The molecule has 0 unspecified atom stereocenters. The molecule has 1 saturated heterocycles. The molecule has 5 heteroatoms. The molecule has 25 heavy (non-hydrogen) atoms. The number of hydrogen-bond donors (Lipinski definition) is 2. The minimum absolute atomic E-state index is 0.0406. The fourth-order valence-corrected chi connectivity index (χ4v) is 3.14. The Labute approximate surface area is 146 Å². The van der Waals surface area contributed by atoms with Gasteiger partial charge in [-0.2, -0.15) is 0 Å². The Balaban J connectivity index is 2.18. The van der Waals surface area contributed by atoms with Crippen molar-refractivity contribution in [2.75, 3.05) is 6.54 Å². The van der Waals surface area contributed by atoms with Gasteiger partial charge in [-0.3, -0.25) is 9.59 Å². The van der Waals surface area contributed by atoms with Crippen LogP contribution in [-0.2, 0) is 9.59 Å². The van der Waals surface area contributed by atoms with Gasteiger partial charge in [0.15, 0.2) is 0 Å². The summed E-state index contributed by atoms with van der Waals surface area (Å²) in [6.45, 7) is 2.23. The first-order valence-electron chi connectivity index (χ1n) is 8.22. The zero-order chi connectivity index (χ0) is 18.0. The Morgan fingerprint density at radius 3 is 2.20 bits per heavy atom. The third kappa shape index (κ3) is 3.19. The summed E-state index contributed by atoms with van der Waals surface area (Å²) in [6, 6.07) is 17.5. The first kappa shape index (κ1) is 16.9. The third-order valence-corrected chi connectivity index (χ3v) is 4.21. The topological polar surface area (TPSA) is 85.3 Å². The molecule has 2 aromatic rings. The predicted octanol–water partition coefficient (Wildman–Crippen LogP) is 1.74. The average Bonchev–Trinajstić information content (AvgIpc) is 2.87. The van der Waals surface area contributed by atoms with Crippen LogP contribution in [0.15, 0.2) is 66.2 Å². The number of nitrogens with zero attached hydrogens (tertiary/aromatic N) is 1. The number of aliphatic hydroxyl groups excluding tert-OH is 1. The number of quaternary nitrogens is 1. The number of carbonyl (C=O) groups is 2. The molecule has 0 bridgehead atoms. The van der Waals surface area contributed by atoms with Crippen LogP contribution in [0.4, 0.5) is 0 Å². The average molecular weight is 337 g/mol. The highest BCUT2D eigenvalue weighted by molar-refractivity contribution is 6.46. The molecular formula is C20H21N2O3+. The number of hydrogen-bond acceptors (Lipinski definition) is 3. The van der Waals surface area contributed by atoms with Crippen molar-refractivity contribution in [3.63, 3.8) is 0 Å². The number of ketones is 1. The van der Waals surface area contributed by atoms with Crippen molar-refractivity contribution >= 4 is 17.4 Å². The number of Topliss-reactive ketones (excluding diaryl/α,β-unsaturated/α-hetero) is 1. The molecule has 1 aliphatic heterocycles. The first-order chi connectivity index (χ1) is 12.0. The second kappa shape index (κ2) is 6.91. The maximum atomic E-state index is 12.7. The summed E-state index contributed by atoms with van der Waals surface area (Å²) in [4.78, 5) is 26.7. The van der Waals surface area contributed by atoms with Crippen molar-refractivity contribution in [1.82, 2.24) is 4.90 Å². The fraction of sp³-hybridized carbons (Fsp3) is 0.200. The van der Waals surface area contributed by atoms with E-state index in [2.05, 4.69) is 5.73 Å². The lowest BCUT2D eigenvalue weighted by molar-refractivity contribution is -0.414. The summed E-state index contributed by atoms with van der Waals surface area (Å²) in [5.41, 5.74) is 5.37. The van der Waals surface area contributed by atoms with Crippen molar-refractivity contribution < 1.29 is 20.4 Å². The third-order valence-electron chi connectivity index (χ3n) is 4.21. The normalized spacial score (nSPS) is 20.7. The maximum absolute atomic E-state index is 12.7. The van der Waals surface area contributed by atoms with Gasteiger partial charge in [0.1, 0.15) is 5.76 Å². The minimum atomic E-state index is -0.657. The highest BCUT2D eigenvalue weighted by Gasteiger charge is 2.46. The van der Waals surface area contributed by atoms with Crippen LogP contribution in [0.2, 0.25) is 0 Å². The minimum Gasteiger partial charge on any atom is -0.507 e. The standard InChI is InChI=1S/C20H20N2O3/c1-13(21)12-22-17(14-8-4-2-5-9-14)16(19(24)20(22)25)18(23)15-10-6-3-7-11-15/h2-11,13,17,23H,12,21H2,1H3/p+1/t13-,17-/m0/s1. The summed E-state index contributed by atoms with van der Waals surface area (Å²) in [6.07, 6.45) is 0. The lowest BCUT2D eigenvalue weighted by Crippen LogP contribution is -2.63.